The molecule has 1 amide bonds. The van der Waals surface area contributed by atoms with Gasteiger partial charge in [-0.3, -0.25) is 4.79 Å². The van der Waals surface area contributed by atoms with Gasteiger partial charge in [0.05, 0.1) is 0 Å². The Morgan fingerprint density at radius 1 is 1.28 bits per heavy atom. The monoisotopic (exact) mass is 253 g/mol. The average Bonchev–Trinajstić information content (AvgIpc) is 2.88. The fourth-order valence-electron chi connectivity index (χ4n) is 3.37. The number of likely N-dealkylation sites (tertiary alicyclic amines) is 1. The van der Waals surface area contributed by atoms with Gasteiger partial charge in [-0.25, -0.2) is 0 Å². The molecule has 1 saturated carbocycles. The van der Waals surface area contributed by atoms with Gasteiger partial charge in [0.1, 0.15) is 0 Å². The van der Waals surface area contributed by atoms with Gasteiger partial charge < -0.3 is 16.0 Å². The third kappa shape index (κ3) is 3.23. The van der Waals surface area contributed by atoms with Crippen molar-refractivity contribution >= 4 is 5.91 Å². The number of amides is 1. The Kier molecular flexibility index (Phi) is 5.01. The maximum atomic E-state index is 12.3. The SMILES string of the molecule is CCN1CCC(NC(=O)[C@@H]2CCC[C@@H]2CN)CC1. The van der Waals surface area contributed by atoms with Gasteiger partial charge in [0.2, 0.25) is 5.91 Å². The van der Waals surface area contributed by atoms with Crippen LogP contribution in [0.1, 0.15) is 39.0 Å². The molecule has 1 aliphatic heterocycles. The first-order valence-electron chi connectivity index (χ1n) is 7.47. The minimum atomic E-state index is 0.180. The minimum absolute atomic E-state index is 0.180. The highest BCUT2D eigenvalue weighted by molar-refractivity contribution is 5.79. The smallest absolute Gasteiger partial charge is 0.223 e. The third-order valence-electron chi connectivity index (χ3n) is 4.68. The van der Waals surface area contributed by atoms with Gasteiger partial charge in [0.15, 0.2) is 0 Å². The van der Waals surface area contributed by atoms with Crippen LogP contribution in [-0.2, 0) is 4.79 Å². The van der Waals surface area contributed by atoms with E-state index in [2.05, 4.69) is 17.1 Å². The maximum Gasteiger partial charge on any atom is 0.223 e. The molecule has 1 saturated heterocycles. The van der Waals surface area contributed by atoms with Crippen molar-refractivity contribution in [1.29, 1.82) is 0 Å². The Bertz CT molecular complexity index is 274. The molecule has 18 heavy (non-hydrogen) atoms. The predicted molar refractivity (Wildman–Crippen MR) is 73.2 cm³/mol. The fourth-order valence-corrected chi connectivity index (χ4v) is 3.37. The fraction of sp³-hybridized carbons (Fsp3) is 0.929. The van der Waals surface area contributed by atoms with Gasteiger partial charge >= 0.3 is 0 Å². The zero-order valence-electron chi connectivity index (χ0n) is 11.5. The Morgan fingerprint density at radius 2 is 2.00 bits per heavy atom. The zero-order chi connectivity index (χ0) is 13.0. The van der Waals surface area contributed by atoms with E-state index in [1.807, 2.05) is 0 Å². The number of hydrogen-bond acceptors (Lipinski definition) is 3. The molecule has 0 radical (unpaired) electrons. The molecule has 3 N–H and O–H groups in total. The molecule has 1 heterocycles. The molecule has 0 bridgehead atoms. The lowest BCUT2D eigenvalue weighted by Crippen LogP contribution is -2.47. The topological polar surface area (TPSA) is 58.4 Å². The van der Waals surface area contributed by atoms with E-state index in [1.54, 1.807) is 0 Å². The number of hydrogen-bond donors (Lipinski definition) is 2. The molecule has 4 heteroatoms. The summed E-state index contributed by atoms with van der Waals surface area (Å²) in [4.78, 5) is 14.7. The van der Waals surface area contributed by atoms with Crippen molar-refractivity contribution < 1.29 is 4.79 Å². The standard InChI is InChI=1S/C14H27N3O/c1-2-17-8-6-12(7-9-17)16-14(18)13-5-3-4-11(13)10-15/h11-13H,2-10,15H2,1H3,(H,16,18)/t11-,13-/m1/s1. The van der Waals surface area contributed by atoms with E-state index < -0.39 is 0 Å². The van der Waals surface area contributed by atoms with Gasteiger partial charge in [-0.2, -0.15) is 0 Å². The molecule has 2 fully saturated rings. The van der Waals surface area contributed by atoms with E-state index in [0.717, 1.165) is 51.7 Å². The molecule has 104 valence electrons. The Labute approximate surface area is 110 Å². The highest BCUT2D eigenvalue weighted by Crippen LogP contribution is 2.31. The summed E-state index contributed by atoms with van der Waals surface area (Å²) in [5, 5.41) is 3.25. The van der Waals surface area contributed by atoms with Gasteiger partial charge in [0, 0.05) is 25.0 Å². The number of carbonyl (C=O) groups excluding carboxylic acids is 1. The van der Waals surface area contributed by atoms with Crippen molar-refractivity contribution in [2.24, 2.45) is 17.6 Å². The van der Waals surface area contributed by atoms with Crippen molar-refractivity contribution in [1.82, 2.24) is 10.2 Å². The predicted octanol–water partition coefficient (Wildman–Crippen LogP) is 0.962. The van der Waals surface area contributed by atoms with Crippen LogP contribution in [0.15, 0.2) is 0 Å². The second-order valence-corrected chi connectivity index (χ2v) is 5.75. The number of carbonyl (C=O) groups is 1. The molecule has 0 unspecified atom stereocenters. The Hall–Kier alpha value is -0.610. The average molecular weight is 253 g/mol. The molecule has 0 aromatic rings. The van der Waals surface area contributed by atoms with Crippen molar-refractivity contribution in [3.63, 3.8) is 0 Å². The molecule has 1 aliphatic carbocycles. The molecule has 4 nitrogen and oxygen atoms in total. The summed E-state index contributed by atoms with van der Waals surface area (Å²) in [6.07, 6.45) is 5.51. The third-order valence-corrected chi connectivity index (χ3v) is 4.68. The van der Waals surface area contributed by atoms with Crippen LogP contribution in [0.25, 0.3) is 0 Å². The molecule has 2 aliphatic rings. The first-order chi connectivity index (χ1) is 8.74. The van der Waals surface area contributed by atoms with Gasteiger partial charge in [-0.15, -0.1) is 0 Å². The second kappa shape index (κ2) is 6.53. The van der Waals surface area contributed by atoms with E-state index in [4.69, 9.17) is 5.73 Å². The summed E-state index contributed by atoms with van der Waals surface area (Å²) in [5.41, 5.74) is 5.74. The van der Waals surface area contributed by atoms with Crippen molar-refractivity contribution in [2.45, 2.75) is 45.1 Å². The Morgan fingerprint density at radius 3 is 2.61 bits per heavy atom. The number of nitrogens with one attached hydrogen (secondary N) is 1. The Balaban J connectivity index is 1.77. The normalized spacial score (nSPS) is 30.6. The van der Waals surface area contributed by atoms with Gasteiger partial charge in [-0.05, 0) is 44.7 Å². The van der Waals surface area contributed by atoms with Crippen LogP contribution in [0.5, 0.6) is 0 Å². The number of nitrogens with zero attached hydrogens (tertiary/aromatic N) is 1. The van der Waals surface area contributed by atoms with Gasteiger partial charge in [0.25, 0.3) is 0 Å². The summed E-state index contributed by atoms with van der Waals surface area (Å²) >= 11 is 0. The first-order valence-corrected chi connectivity index (χ1v) is 7.47. The van der Waals surface area contributed by atoms with Crippen LogP contribution >= 0.6 is 0 Å². The summed E-state index contributed by atoms with van der Waals surface area (Å²) in [7, 11) is 0. The summed E-state index contributed by atoms with van der Waals surface area (Å²) < 4.78 is 0. The number of piperidine rings is 1. The van der Waals surface area contributed by atoms with Crippen LogP contribution in [0.4, 0.5) is 0 Å². The largest absolute Gasteiger partial charge is 0.353 e. The van der Waals surface area contributed by atoms with E-state index in [1.165, 1.54) is 0 Å². The van der Waals surface area contributed by atoms with E-state index >= 15 is 0 Å². The van der Waals surface area contributed by atoms with E-state index in [0.29, 0.717) is 18.5 Å². The lowest BCUT2D eigenvalue weighted by atomic mass is 9.94. The maximum absolute atomic E-state index is 12.3. The van der Waals surface area contributed by atoms with Crippen LogP contribution in [0.3, 0.4) is 0 Å². The first kappa shape index (κ1) is 13.8. The zero-order valence-corrected chi connectivity index (χ0v) is 11.5. The molecular weight excluding hydrogens is 226 g/mol. The van der Waals surface area contributed by atoms with Crippen molar-refractivity contribution in [2.75, 3.05) is 26.2 Å². The summed E-state index contributed by atoms with van der Waals surface area (Å²) in [5.74, 6) is 0.859. The molecular formula is C14H27N3O. The summed E-state index contributed by atoms with van der Waals surface area (Å²) in [6.45, 7) is 6.22. The second-order valence-electron chi connectivity index (χ2n) is 5.75. The quantitative estimate of drug-likeness (QED) is 0.784. The van der Waals surface area contributed by atoms with Crippen molar-refractivity contribution in [3.8, 4) is 0 Å². The van der Waals surface area contributed by atoms with Crippen molar-refractivity contribution in [3.05, 3.63) is 0 Å². The molecule has 0 spiro atoms. The van der Waals surface area contributed by atoms with E-state index in [9.17, 15) is 4.79 Å². The number of rotatable bonds is 4. The lowest BCUT2D eigenvalue weighted by Gasteiger charge is -2.32. The van der Waals surface area contributed by atoms with Crippen LogP contribution in [0.2, 0.25) is 0 Å². The highest BCUT2D eigenvalue weighted by atomic mass is 16.2. The molecule has 2 atom stereocenters. The number of nitrogens with two attached hydrogens (primary N) is 1. The molecule has 0 aromatic heterocycles. The van der Waals surface area contributed by atoms with Gasteiger partial charge in [-0.1, -0.05) is 13.3 Å². The lowest BCUT2D eigenvalue weighted by molar-refractivity contribution is -0.127. The molecule has 2 rings (SSSR count). The highest BCUT2D eigenvalue weighted by Gasteiger charge is 2.33. The molecule has 0 aromatic carbocycles. The summed E-state index contributed by atoms with van der Waals surface area (Å²) in [6, 6.07) is 0.388. The van der Waals surface area contributed by atoms with E-state index in [-0.39, 0.29) is 11.8 Å². The van der Waals surface area contributed by atoms with Crippen LogP contribution in [0, 0.1) is 11.8 Å². The van der Waals surface area contributed by atoms with Crippen LogP contribution < -0.4 is 11.1 Å². The van der Waals surface area contributed by atoms with Crippen LogP contribution in [-0.4, -0.2) is 43.0 Å². The minimum Gasteiger partial charge on any atom is -0.353 e.